The molecule has 0 radical (unpaired) electrons. The summed E-state index contributed by atoms with van der Waals surface area (Å²) in [5.74, 6) is 0.712. The van der Waals surface area contributed by atoms with Crippen molar-refractivity contribution in [3.05, 3.63) is 29.8 Å². The van der Waals surface area contributed by atoms with Crippen molar-refractivity contribution in [2.24, 2.45) is 0 Å². The summed E-state index contributed by atoms with van der Waals surface area (Å²) in [6, 6.07) is 7.23. The molecule has 1 aliphatic rings. The van der Waals surface area contributed by atoms with Gasteiger partial charge in [0, 0.05) is 38.3 Å². The first-order valence-electron chi connectivity index (χ1n) is 7.48. The van der Waals surface area contributed by atoms with Crippen LogP contribution in [0.2, 0.25) is 0 Å². The third-order valence-electron chi connectivity index (χ3n) is 4.08. The minimum Gasteiger partial charge on any atom is -0.496 e. The number of benzene rings is 1. The normalized spacial score (nSPS) is 19.7. The number of rotatable bonds is 5. The zero-order chi connectivity index (χ0) is 16.3. The molecule has 2 rings (SSSR count). The van der Waals surface area contributed by atoms with Crippen LogP contribution in [0.25, 0.3) is 0 Å². The molecule has 0 bridgehead atoms. The Morgan fingerprint density at radius 1 is 1.35 bits per heavy atom. The molecule has 1 aliphatic heterocycles. The van der Waals surface area contributed by atoms with Crippen LogP contribution in [-0.2, 0) is 10.2 Å². The number of halogens is 1. The van der Waals surface area contributed by atoms with Crippen LogP contribution in [0.15, 0.2) is 24.3 Å². The molecule has 1 saturated heterocycles. The van der Waals surface area contributed by atoms with Crippen LogP contribution in [0, 0.1) is 0 Å². The summed E-state index contributed by atoms with van der Waals surface area (Å²) in [6.45, 7) is 5.42. The largest absolute Gasteiger partial charge is 0.496 e. The van der Waals surface area contributed by atoms with Crippen LogP contribution in [0.3, 0.4) is 0 Å². The molecule has 0 amide bonds. The zero-order valence-electron chi connectivity index (χ0n) is 14.0. The molecule has 1 fully saturated rings. The molecular weight excluding hydrogens is 338 g/mol. The van der Waals surface area contributed by atoms with Crippen molar-refractivity contribution in [3.63, 3.8) is 0 Å². The summed E-state index contributed by atoms with van der Waals surface area (Å²) in [5.41, 5.74) is 0.887. The molecule has 0 aromatic heterocycles. The minimum atomic E-state index is -3.51. The lowest BCUT2D eigenvalue weighted by molar-refractivity contribution is 0.241. The summed E-state index contributed by atoms with van der Waals surface area (Å²) >= 11 is 0. The Morgan fingerprint density at radius 3 is 2.61 bits per heavy atom. The lowest BCUT2D eigenvalue weighted by atomic mass is 10.0. The zero-order valence-corrected chi connectivity index (χ0v) is 15.7. The van der Waals surface area contributed by atoms with E-state index < -0.39 is 10.2 Å². The lowest BCUT2D eigenvalue weighted by Crippen LogP contribution is -2.53. The van der Waals surface area contributed by atoms with Gasteiger partial charge in [-0.2, -0.15) is 17.0 Å². The van der Waals surface area contributed by atoms with E-state index in [4.69, 9.17) is 4.74 Å². The number of methoxy groups -OCH3 is 1. The molecule has 132 valence electrons. The molecule has 1 N–H and O–H groups in total. The molecular formula is C15H26ClN3O3S. The maximum Gasteiger partial charge on any atom is 0.282 e. The van der Waals surface area contributed by atoms with Gasteiger partial charge >= 0.3 is 0 Å². The van der Waals surface area contributed by atoms with Gasteiger partial charge in [0.2, 0.25) is 0 Å². The summed E-state index contributed by atoms with van der Waals surface area (Å²) in [4.78, 5) is 0. The van der Waals surface area contributed by atoms with Crippen molar-refractivity contribution in [1.29, 1.82) is 0 Å². The molecule has 1 unspecified atom stereocenters. The molecule has 0 saturated carbocycles. The number of hydrogen-bond acceptors (Lipinski definition) is 4. The van der Waals surface area contributed by atoms with E-state index in [0.29, 0.717) is 25.4 Å². The number of hydrogen-bond donors (Lipinski definition) is 1. The summed E-state index contributed by atoms with van der Waals surface area (Å²) in [5, 5.41) is 3.27. The van der Waals surface area contributed by atoms with Crippen LogP contribution in [0.1, 0.15) is 25.5 Å². The summed E-state index contributed by atoms with van der Waals surface area (Å²) in [7, 11) is -0.281. The summed E-state index contributed by atoms with van der Waals surface area (Å²) < 4.78 is 34.2. The molecule has 23 heavy (non-hydrogen) atoms. The first-order chi connectivity index (χ1) is 10.4. The average molecular weight is 364 g/mol. The van der Waals surface area contributed by atoms with E-state index in [-0.39, 0.29) is 24.5 Å². The predicted molar refractivity (Wildman–Crippen MR) is 94.4 cm³/mol. The van der Waals surface area contributed by atoms with Crippen LogP contribution in [0.5, 0.6) is 5.75 Å². The standard InChI is InChI=1S/C15H25N3O3S.ClH/c1-12(2)17(3)22(19,20)18-10-9-16-11-14(18)13-7-5-6-8-15(13)21-4;/h5-8,12,14,16H,9-11H2,1-4H3;1H. The van der Waals surface area contributed by atoms with Crippen LogP contribution in [0.4, 0.5) is 0 Å². The van der Waals surface area contributed by atoms with Gasteiger partial charge in [0.05, 0.1) is 13.2 Å². The van der Waals surface area contributed by atoms with E-state index >= 15 is 0 Å². The molecule has 0 aliphatic carbocycles. The van der Waals surface area contributed by atoms with Crippen molar-refractivity contribution >= 4 is 22.6 Å². The van der Waals surface area contributed by atoms with Gasteiger partial charge in [-0.15, -0.1) is 12.4 Å². The Kier molecular flexibility index (Phi) is 7.29. The molecule has 6 nitrogen and oxygen atoms in total. The van der Waals surface area contributed by atoms with Gasteiger partial charge in [0.15, 0.2) is 0 Å². The van der Waals surface area contributed by atoms with Crippen LogP contribution >= 0.6 is 12.4 Å². The van der Waals surface area contributed by atoms with Crippen LogP contribution in [-0.4, -0.2) is 56.9 Å². The fourth-order valence-corrected chi connectivity index (χ4v) is 4.30. The van der Waals surface area contributed by atoms with Crippen molar-refractivity contribution in [3.8, 4) is 5.75 Å². The smallest absolute Gasteiger partial charge is 0.282 e. The number of nitrogens with zero attached hydrogens (tertiary/aromatic N) is 2. The van der Waals surface area contributed by atoms with Crippen LogP contribution < -0.4 is 10.1 Å². The molecule has 1 heterocycles. The van der Waals surface area contributed by atoms with E-state index in [9.17, 15) is 8.42 Å². The van der Waals surface area contributed by atoms with Crippen molar-refractivity contribution in [2.75, 3.05) is 33.8 Å². The Morgan fingerprint density at radius 2 is 2.00 bits per heavy atom. The molecule has 0 spiro atoms. The molecule has 8 heteroatoms. The second-order valence-corrected chi connectivity index (χ2v) is 7.63. The van der Waals surface area contributed by atoms with E-state index in [1.54, 1.807) is 18.5 Å². The van der Waals surface area contributed by atoms with Gasteiger partial charge < -0.3 is 10.1 Å². The topological polar surface area (TPSA) is 61.9 Å². The number of para-hydroxylation sites is 1. The second kappa shape index (κ2) is 8.30. The van der Waals surface area contributed by atoms with Gasteiger partial charge in [0.25, 0.3) is 10.2 Å². The maximum atomic E-state index is 12.9. The third kappa shape index (κ3) is 4.16. The van der Waals surface area contributed by atoms with E-state index in [1.807, 2.05) is 38.1 Å². The highest BCUT2D eigenvalue weighted by molar-refractivity contribution is 7.86. The first kappa shape index (κ1) is 20.2. The monoisotopic (exact) mass is 363 g/mol. The van der Waals surface area contributed by atoms with Gasteiger partial charge in [-0.05, 0) is 19.9 Å². The van der Waals surface area contributed by atoms with Crippen molar-refractivity contribution < 1.29 is 13.2 Å². The molecule has 1 aromatic rings. The second-order valence-electron chi connectivity index (χ2n) is 5.69. The van der Waals surface area contributed by atoms with Crippen molar-refractivity contribution in [1.82, 2.24) is 13.9 Å². The molecule has 1 atom stereocenters. The fraction of sp³-hybridized carbons (Fsp3) is 0.600. The fourth-order valence-electron chi connectivity index (χ4n) is 2.60. The predicted octanol–water partition coefficient (Wildman–Crippen LogP) is 1.65. The van der Waals surface area contributed by atoms with Gasteiger partial charge in [-0.3, -0.25) is 0 Å². The quantitative estimate of drug-likeness (QED) is 0.864. The molecule has 1 aromatic carbocycles. The van der Waals surface area contributed by atoms with Gasteiger partial charge in [-0.1, -0.05) is 18.2 Å². The number of ether oxygens (including phenoxy) is 1. The highest BCUT2D eigenvalue weighted by Crippen LogP contribution is 2.32. The lowest BCUT2D eigenvalue weighted by Gasteiger charge is -2.38. The number of piperazine rings is 1. The van der Waals surface area contributed by atoms with E-state index in [0.717, 1.165) is 5.56 Å². The summed E-state index contributed by atoms with van der Waals surface area (Å²) in [6.07, 6.45) is 0. The van der Waals surface area contributed by atoms with E-state index in [1.165, 1.54) is 4.31 Å². The maximum absolute atomic E-state index is 12.9. The van der Waals surface area contributed by atoms with E-state index in [2.05, 4.69) is 5.32 Å². The SMILES string of the molecule is COc1ccccc1C1CNCCN1S(=O)(=O)N(C)C(C)C.Cl. The van der Waals surface area contributed by atoms with Gasteiger partial charge in [0.1, 0.15) is 5.75 Å². The third-order valence-corrected chi connectivity index (χ3v) is 6.26. The Labute approximate surface area is 145 Å². The first-order valence-corrected chi connectivity index (χ1v) is 8.87. The Bertz CT molecular complexity index is 610. The Hall–Kier alpha value is -0.860. The Balaban J connectivity index is 0.00000264. The van der Waals surface area contributed by atoms with Gasteiger partial charge in [-0.25, -0.2) is 0 Å². The number of nitrogens with one attached hydrogen (secondary N) is 1. The average Bonchev–Trinajstić information content (AvgIpc) is 2.53. The highest BCUT2D eigenvalue weighted by Gasteiger charge is 2.37. The van der Waals surface area contributed by atoms with Crippen molar-refractivity contribution in [2.45, 2.75) is 25.9 Å². The minimum absolute atomic E-state index is 0. The highest BCUT2D eigenvalue weighted by atomic mass is 35.5.